The van der Waals surface area contributed by atoms with Crippen molar-refractivity contribution in [3.63, 3.8) is 0 Å². The van der Waals surface area contributed by atoms with Crippen molar-refractivity contribution in [3.8, 4) is 11.5 Å². The van der Waals surface area contributed by atoms with Gasteiger partial charge in [0.25, 0.3) is 0 Å². The number of halogens is 1. The van der Waals surface area contributed by atoms with E-state index >= 15 is 0 Å². The minimum absolute atomic E-state index is 0.0822. The van der Waals surface area contributed by atoms with E-state index in [1.165, 1.54) is 18.2 Å². The number of hydrogen-bond acceptors (Lipinski definition) is 4. The maximum atomic E-state index is 13.8. The second-order valence-electron chi connectivity index (χ2n) is 6.25. The number of amides is 1. The third-order valence-electron chi connectivity index (χ3n) is 3.96. The van der Waals surface area contributed by atoms with E-state index in [4.69, 9.17) is 4.74 Å². The summed E-state index contributed by atoms with van der Waals surface area (Å²) >= 11 is 0. The Kier molecular flexibility index (Phi) is 8.75. The molecule has 0 aliphatic rings. The standard InChI is InChI=1S/C21H27FN4O3/c1-3-17(29-19-8-6-5-7-18(19)22)13-24-21(23-4-2)25-14-20(28)26-15-9-11-16(27)12-10-15/h5-12,17,27H,3-4,13-14H2,1-2H3,(H,26,28)(H2,23,24,25). The summed E-state index contributed by atoms with van der Waals surface area (Å²) < 4.78 is 19.5. The summed E-state index contributed by atoms with van der Waals surface area (Å²) in [6, 6.07) is 12.5. The largest absolute Gasteiger partial charge is 0.508 e. The van der Waals surface area contributed by atoms with Crippen LogP contribution >= 0.6 is 0 Å². The molecular formula is C21H27FN4O3. The monoisotopic (exact) mass is 402 g/mol. The SMILES string of the molecule is CCNC(=NCC(=O)Nc1ccc(O)cc1)NCC(CC)Oc1ccccc1F. The summed E-state index contributed by atoms with van der Waals surface area (Å²) in [4.78, 5) is 16.3. The van der Waals surface area contributed by atoms with Gasteiger partial charge in [0.2, 0.25) is 5.91 Å². The molecule has 2 rings (SSSR count). The van der Waals surface area contributed by atoms with E-state index in [-0.39, 0.29) is 30.1 Å². The zero-order valence-corrected chi connectivity index (χ0v) is 16.6. The summed E-state index contributed by atoms with van der Waals surface area (Å²) in [5.41, 5.74) is 0.574. The maximum Gasteiger partial charge on any atom is 0.246 e. The molecule has 1 amide bonds. The summed E-state index contributed by atoms with van der Waals surface area (Å²) in [6.07, 6.45) is 0.406. The molecule has 8 heteroatoms. The van der Waals surface area contributed by atoms with Gasteiger partial charge in [-0.3, -0.25) is 4.79 Å². The van der Waals surface area contributed by atoms with Crippen LogP contribution in [0.2, 0.25) is 0 Å². The highest BCUT2D eigenvalue weighted by Crippen LogP contribution is 2.17. The smallest absolute Gasteiger partial charge is 0.246 e. The van der Waals surface area contributed by atoms with E-state index in [2.05, 4.69) is 20.9 Å². The van der Waals surface area contributed by atoms with Gasteiger partial charge in [0.15, 0.2) is 17.5 Å². The number of nitrogens with zero attached hydrogens (tertiary/aromatic N) is 1. The molecule has 0 aliphatic heterocycles. The fourth-order valence-corrected chi connectivity index (χ4v) is 2.44. The number of para-hydroxylation sites is 1. The number of rotatable bonds is 9. The Balaban J connectivity index is 1.89. The summed E-state index contributed by atoms with van der Waals surface area (Å²) in [5.74, 6) is 0.100. The lowest BCUT2D eigenvalue weighted by atomic mass is 10.2. The lowest BCUT2D eigenvalue weighted by molar-refractivity contribution is -0.114. The number of phenols is 1. The second-order valence-corrected chi connectivity index (χ2v) is 6.25. The van der Waals surface area contributed by atoms with Crippen molar-refractivity contribution in [1.29, 1.82) is 0 Å². The lowest BCUT2D eigenvalue weighted by Crippen LogP contribution is -2.43. The number of phenolic OH excluding ortho intramolecular Hbond substituents is 1. The molecule has 0 saturated heterocycles. The predicted molar refractivity (Wildman–Crippen MR) is 112 cm³/mol. The molecule has 1 atom stereocenters. The number of carbonyl (C=O) groups excluding carboxylic acids is 1. The molecular weight excluding hydrogens is 375 g/mol. The van der Waals surface area contributed by atoms with Crippen LogP contribution in [0.4, 0.5) is 10.1 Å². The number of anilines is 1. The zero-order valence-electron chi connectivity index (χ0n) is 16.6. The first-order valence-corrected chi connectivity index (χ1v) is 9.54. The van der Waals surface area contributed by atoms with Crippen molar-refractivity contribution in [2.24, 2.45) is 4.99 Å². The lowest BCUT2D eigenvalue weighted by Gasteiger charge is -2.20. The van der Waals surface area contributed by atoms with Crippen LogP contribution in [0, 0.1) is 5.82 Å². The van der Waals surface area contributed by atoms with E-state index < -0.39 is 5.82 Å². The molecule has 0 saturated carbocycles. The van der Waals surface area contributed by atoms with Gasteiger partial charge < -0.3 is 25.8 Å². The Labute approximate surface area is 170 Å². The predicted octanol–water partition coefficient (Wildman–Crippen LogP) is 2.88. The van der Waals surface area contributed by atoms with Gasteiger partial charge in [0.05, 0.1) is 6.54 Å². The molecule has 2 aromatic carbocycles. The third kappa shape index (κ3) is 7.69. The van der Waals surface area contributed by atoms with E-state index in [1.54, 1.807) is 30.3 Å². The van der Waals surface area contributed by atoms with Crippen molar-refractivity contribution in [1.82, 2.24) is 10.6 Å². The van der Waals surface area contributed by atoms with Crippen LogP contribution in [0.25, 0.3) is 0 Å². The molecule has 2 aromatic rings. The summed E-state index contributed by atoms with van der Waals surface area (Å²) in [7, 11) is 0. The van der Waals surface area contributed by atoms with Gasteiger partial charge in [-0.1, -0.05) is 19.1 Å². The Morgan fingerprint density at radius 2 is 1.86 bits per heavy atom. The second kappa shape index (κ2) is 11.5. The van der Waals surface area contributed by atoms with Crippen molar-refractivity contribution in [2.45, 2.75) is 26.4 Å². The topological polar surface area (TPSA) is 95.0 Å². The molecule has 0 heterocycles. The number of ether oxygens (including phenoxy) is 1. The fourth-order valence-electron chi connectivity index (χ4n) is 2.44. The molecule has 0 radical (unpaired) electrons. The zero-order chi connectivity index (χ0) is 21.1. The molecule has 7 nitrogen and oxygen atoms in total. The highest BCUT2D eigenvalue weighted by atomic mass is 19.1. The Morgan fingerprint density at radius 3 is 2.52 bits per heavy atom. The number of nitrogens with one attached hydrogen (secondary N) is 3. The Morgan fingerprint density at radius 1 is 1.14 bits per heavy atom. The number of aliphatic imine (C=N–C) groups is 1. The fraction of sp³-hybridized carbons (Fsp3) is 0.333. The Bertz CT molecular complexity index is 812. The molecule has 29 heavy (non-hydrogen) atoms. The van der Waals surface area contributed by atoms with Crippen molar-refractivity contribution < 1.29 is 19.0 Å². The Hall–Kier alpha value is -3.29. The molecule has 0 aliphatic carbocycles. The van der Waals surface area contributed by atoms with Crippen LogP contribution in [0.1, 0.15) is 20.3 Å². The maximum absolute atomic E-state index is 13.8. The first kappa shape index (κ1) is 22.0. The van der Waals surface area contributed by atoms with Crippen LogP contribution in [0.3, 0.4) is 0 Å². The number of carbonyl (C=O) groups is 1. The molecule has 1 unspecified atom stereocenters. The summed E-state index contributed by atoms with van der Waals surface area (Å²) in [5, 5.41) is 18.2. The van der Waals surface area contributed by atoms with Crippen LogP contribution in [0.15, 0.2) is 53.5 Å². The van der Waals surface area contributed by atoms with Gasteiger partial charge in [0.1, 0.15) is 18.4 Å². The minimum Gasteiger partial charge on any atom is -0.508 e. The molecule has 0 fully saturated rings. The molecule has 156 valence electrons. The van der Waals surface area contributed by atoms with Gasteiger partial charge >= 0.3 is 0 Å². The normalized spacial score (nSPS) is 12.2. The van der Waals surface area contributed by atoms with Crippen LogP contribution in [0.5, 0.6) is 11.5 Å². The summed E-state index contributed by atoms with van der Waals surface area (Å²) in [6.45, 7) is 4.80. The van der Waals surface area contributed by atoms with E-state index in [0.29, 0.717) is 31.2 Å². The highest BCUT2D eigenvalue weighted by molar-refractivity contribution is 5.94. The highest BCUT2D eigenvalue weighted by Gasteiger charge is 2.12. The average molecular weight is 402 g/mol. The number of guanidine groups is 1. The van der Waals surface area contributed by atoms with Crippen LogP contribution in [-0.4, -0.2) is 42.7 Å². The number of aromatic hydroxyl groups is 1. The van der Waals surface area contributed by atoms with Gasteiger partial charge in [-0.05, 0) is 49.7 Å². The van der Waals surface area contributed by atoms with E-state index in [9.17, 15) is 14.3 Å². The van der Waals surface area contributed by atoms with Crippen molar-refractivity contribution >= 4 is 17.6 Å². The molecule has 0 spiro atoms. The van der Waals surface area contributed by atoms with Gasteiger partial charge in [-0.15, -0.1) is 0 Å². The van der Waals surface area contributed by atoms with Crippen molar-refractivity contribution in [2.75, 3.05) is 25.0 Å². The number of benzene rings is 2. The van der Waals surface area contributed by atoms with E-state index in [1.807, 2.05) is 13.8 Å². The van der Waals surface area contributed by atoms with E-state index in [0.717, 1.165) is 0 Å². The molecule has 0 bridgehead atoms. The van der Waals surface area contributed by atoms with Crippen molar-refractivity contribution in [3.05, 3.63) is 54.3 Å². The quantitative estimate of drug-likeness (QED) is 0.294. The first-order valence-electron chi connectivity index (χ1n) is 9.54. The molecule has 0 aromatic heterocycles. The van der Waals surface area contributed by atoms with Gasteiger partial charge in [-0.2, -0.15) is 0 Å². The van der Waals surface area contributed by atoms with Gasteiger partial charge in [0, 0.05) is 12.2 Å². The average Bonchev–Trinajstić information content (AvgIpc) is 2.72. The minimum atomic E-state index is -0.405. The van der Waals surface area contributed by atoms with Crippen LogP contribution in [-0.2, 0) is 4.79 Å². The first-order chi connectivity index (χ1) is 14.0. The van der Waals surface area contributed by atoms with Crippen LogP contribution < -0.4 is 20.7 Å². The third-order valence-corrected chi connectivity index (χ3v) is 3.96. The van der Waals surface area contributed by atoms with Gasteiger partial charge in [-0.25, -0.2) is 9.38 Å². The molecule has 4 N–H and O–H groups in total. The number of hydrogen-bond donors (Lipinski definition) is 4.